The topological polar surface area (TPSA) is 93.2 Å². The van der Waals surface area contributed by atoms with Gasteiger partial charge in [0.15, 0.2) is 0 Å². The van der Waals surface area contributed by atoms with E-state index in [-0.39, 0.29) is 15.9 Å². The summed E-state index contributed by atoms with van der Waals surface area (Å²) < 4.78 is 5.06. The van der Waals surface area contributed by atoms with Gasteiger partial charge in [-0.15, -0.1) is 21.5 Å². The van der Waals surface area contributed by atoms with Crippen LogP contribution in [0.3, 0.4) is 0 Å². The number of nitrogens with zero attached hydrogens (tertiary/aromatic N) is 2. The van der Waals surface area contributed by atoms with Gasteiger partial charge < -0.3 is 15.4 Å². The number of methoxy groups -OCH3 is 1. The van der Waals surface area contributed by atoms with Gasteiger partial charge in [0.2, 0.25) is 10.0 Å². The highest BCUT2D eigenvalue weighted by molar-refractivity contribution is 7.15. The summed E-state index contributed by atoms with van der Waals surface area (Å²) in [6.45, 7) is 0.420. The summed E-state index contributed by atoms with van der Waals surface area (Å²) in [4.78, 5) is 25.3. The zero-order chi connectivity index (χ0) is 17.6. The van der Waals surface area contributed by atoms with Crippen LogP contribution in [0.5, 0.6) is 5.75 Å². The van der Waals surface area contributed by atoms with Crippen molar-refractivity contribution in [1.29, 1.82) is 0 Å². The van der Waals surface area contributed by atoms with Gasteiger partial charge >= 0.3 is 0 Å². The maximum absolute atomic E-state index is 12.2. The van der Waals surface area contributed by atoms with Gasteiger partial charge in [0.1, 0.15) is 5.75 Å². The lowest BCUT2D eigenvalue weighted by Gasteiger charge is -2.04. The molecular weight excluding hydrogens is 360 g/mol. The molecule has 7 nitrogen and oxygen atoms in total. The van der Waals surface area contributed by atoms with Gasteiger partial charge in [-0.2, -0.15) is 0 Å². The average Bonchev–Trinajstić information content (AvgIpc) is 3.32. The molecule has 9 heteroatoms. The van der Waals surface area contributed by atoms with Crippen LogP contribution >= 0.6 is 22.7 Å². The van der Waals surface area contributed by atoms with Crippen molar-refractivity contribution in [1.82, 2.24) is 15.5 Å². The van der Waals surface area contributed by atoms with Crippen molar-refractivity contribution in [3.05, 3.63) is 56.7 Å². The summed E-state index contributed by atoms with van der Waals surface area (Å²) in [5, 5.41) is 15.2. The SMILES string of the molecule is COc1ccc(NC(=O)c2nnc(C(=O)NCc3cccs3)s2)cc1. The van der Waals surface area contributed by atoms with E-state index in [1.165, 1.54) is 0 Å². The number of hydrogen-bond acceptors (Lipinski definition) is 7. The molecule has 2 heterocycles. The summed E-state index contributed by atoms with van der Waals surface area (Å²) in [6.07, 6.45) is 0. The summed E-state index contributed by atoms with van der Waals surface area (Å²) in [5.74, 6) is -0.0759. The Labute approximate surface area is 151 Å². The molecule has 0 atom stereocenters. The molecule has 2 amide bonds. The van der Waals surface area contributed by atoms with Crippen LogP contribution in [0.2, 0.25) is 0 Å². The lowest BCUT2D eigenvalue weighted by Crippen LogP contribution is -2.22. The van der Waals surface area contributed by atoms with E-state index in [1.807, 2.05) is 17.5 Å². The van der Waals surface area contributed by atoms with Gasteiger partial charge in [-0.3, -0.25) is 9.59 Å². The Bertz CT molecular complexity index is 860. The molecule has 1 aromatic carbocycles. The van der Waals surface area contributed by atoms with Crippen molar-refractivity contribution >= 4 is 40.2 Å². The lowest BCUT2D eigenvalue weighted by atomic mass is 10.3. The van der Waals surface area contributed by atoms with E-state index < -0.39 is 5.91 Å². The predicted molar refractivity (Wildman–Crippen MR) is 96.3 cm³/mol. The predicted octanol–water partition coefficient (Wildman–Crippen LogP) is 2.79. The second-order valence-electron chi connectivity index (χ2n) is 4.86. The number of anilines is 1. The van der Waals surface area contributed by atoms with E-state index in [1.54, 1.807) is 42.7 Å². The minimum atomic E-state index is -0.417. The lowest BCUT2D eigenvalue weighted by molar-refractivity contribution is 0.0949. The molecule has 0 saturated carbocycles. The number of aromatic nitrogens is 2. The van der Waals surface area contributed by atoms with Crippen molar-refractivity contribution in [2.75, 3.05) is 12.4 Å². The molecule has 0 bridgehead atoms. The van der Waals surface area contributed by atoms with Crippen molar-refractivity contribution in [2.45, 2.75) is 6.54 Å². The number of nitrogens with one attached hydrogen (secondary N) is 2. The van der Waals surface area contributed by atoms with Crippen LogP contribution < -0.4 is 15.4 Å². The Morgan fingerprint density at radius 1 is 1.08 bits per heavy atom. The summed E-state index contributed by atoms with van der Waals surface area (Å²) in [6, 6.07) is 10.7. The van der Waals surface area contributed by atoms with E-state index in [2.05, 4.69) is 20.8 Å². The number of hydrogen-bond donors (Lipinski definition) is 2. The molecule has 0 spiro atoms. The first-order valence-corrected chi connectivity index (χ1v) is 8.95. The van der Waals surface area contributed by atoms with Crippen LogP contribution in [-0.2, 0) is 6.54 Å². The quantitative estimate of drug-likeness (QED) is 0.692. The first-order chi connectivity index (χ1) is 12.2. The second-order valence-corrected chi connectivity index (χ2v) is 6.87. The molecular formula is C16H14N4O3S2. The van der Waals surface area contributed by atoms with Crippen molar-refractivity contribution < 1.29 is 14.3 Å². The average molecular weight is 374 g/mol. The Morgan fingerprint density at radius 3 is 2.44 bits per heavy atom. The minimum Gasteiger partial charge on any atom is -0.497 e. The fourth-order valence-electron chi connectivity index (χ4n) is 1.92. The molecule has 0 radical (unpaired) electrons. The van der Waals surface area contributed by atoms with Crippen LogP contribution in [0.1, 0.15) is 24.5 Å². The molecule has 0 fully saturated rings. The number of carbonyl (C=O) groups excluding carboxylic acids is 2. The molecule has 128 valence electrons. The van der Waals surface area contributed by atoms with E-state index >= 15 is 0 Å². The van der Waals surface area contributed by atoms with Crippen molar-refractivity contribution in [3.8, 4) is 5.75 Å². The number of ether oxygens (including phenoxy) is 1. The van der Waals surface area contributed by atoms with Gasteiger partial charge in [0, 0.05) is 10.6 Å². The molecule has 25 heavy (non-hydrogen) atoms. The van der Waals surface area contributed by atoms with Crippen LogP contribution in [0, 0.1) is 0 Å². The number of amides is 2. The summed E-state index contributed by atoms with van der Waals surface area (Å²) in [5.41, 5.74) is 0.602. The number of benzene rings is 1. The van der Waals surface area contributed by atoms with Gasteiger partial charge in [-0.05, 0) is 35.7 Å². The Balaban J connectivity index is 1.59. The smallest absolute Gasteiger partial charge is 0.286 e. The Hall–Kier alpha value is -2.78. The standard InChI is InChI=1S/C16H14N4O3S2/c1-23-11-6-4-10(5-7-11)18-14(22)16-20-19-15(25-16)13(21)17-9-12-3-2-8-24-12/h2-8H,9H2,1H3,(H,17,21)(H,18,22). The third kappa shape index (κ3) is 4.40. The highest BCUT2D eigenvalue weighted by Gasteiger charge is 2.17. The van der Waals surface area contributed by atoms with Crippen LogP contribution in [0.15, 0.2) is 41.8 Å². The van der Waals surface area contributed by atoms with Crippen LogP contribution in [-0.4, -0.2) is 29.1 Å². The zero-order valence-corrected chi connectivity index (χ0v) is 14.8. The molecule has 0 saturated heterocycles. The van der Waals surface area contributed by atoms with Gasteiger partial charge in [0.05, 0.1) is 13.7 Å². The molecule has 2 aromatic heterocycles. The minimum absolute atomic E-state index is 0.122. The van der Waals surface area contributed by atoms with Crippen LogP contribution in [0.25, 0.3) is 0 Å². The molecule has 0 aliphatic rings. The highest BCUT2D eigenvalue weighted by atomic mass is 32.1. The molecule has 3 aromatic rings. The first kappa shape index (κ1) is 17.1. The monoisotopic (exact) mass is 374 g/mol. The molecule has 3 rings (SSSR count). The summed E-state index contributed by atoms with van der Waals surface area (Å²) >= 11 is 2.50. The Kier molecular flexibility index (Phi) is 5.36. The largest absolute Gasteiger partial charge is 0.497 e. The number of thiophene rings is 1. The fraction of sp³-hybridized carbons (Fsp3) is 0.125. The van der Waals surface area contributed by atoms with E-state index in [4.69, 9.17) is 4.74 Å². The third-order valence-electron chi connectivity index (χ3n) is 3.16. The van der Waals surface area contributed by atoms with Crippen molar-refractivity contribution in [2.24, 2.45) is 0 Å². The van der Waals surface area contributed by atoms with E-state index in [9.17, 15) is 9.59 Å². The zero-order valence-electron chi connectivity index (χ0n) is 13.2. The normalized spacial score (nSPS) is 10.3. The maximum atomic E-state index is 12.2. The van der Waals surface area contributed by atoms with Gasteiger partial charge in [-0.25, -0.2) is 0 Å². The molecule has 0 unspecified atom stereocenters. The van der Waals surface area contributed by atoms with E-state index in [0.29, 0.717) is 18.0 Å². The Morgan fingerprint density at radius 2 is 1.80 bits per heavy atom. The first-order valence-electron chi connectivity index (χ1n) is 7.25. The molecule has 2 N–H and O–H groups in total. The van der Waals surface area contributed by atoms with E-state index in [0.717, 1.165) is 16.2 Å². The molecule has 0 aliphatic heterocycles. The fourth-order valence-corrected chi connectivity index (χ4v) is 3.22. The highest BCUT2D eigenvalue weighted by Crippen LogP contribution is 2.17. The second kappa shape index (κ2) is 7.86. The van der Waals surface area contributed by atoms with Crippen LogP contribution in [0.4, 0.5) is 5.69 Å². The third-order valence-corrected chi connectivity index (χ3v) is 4.96. The van der Waals surface area contributed by atoms with Crippen molar-refractivity contribution in [3.63, 3.8) is 0 Å². The molecule has 0 aliphatic carbocycles. The number of rotatable bonds is 6. The van der Waals surface area contributed by atoms with Gasteiger partial charge in [0.25, 0.3) is 11.8 Å². The summed E-state index contributed by atoms with van der Waals surface area (Å²) in [7, 11) is 1.57. The van der Waals surface area contributed by atoms with Gasteiger partial charge in [-0.1, -0.05) is 17.4 Å². The maximum Gasteiger partial charge on any atom is 0.286 e. The number of carbonyl (C=O) groups is 2.